The SMILES string of the molecule is O=C(O)N1CCCC(c2cccc(Nc3ccc(C(F)(F)F)cc3)c2)C1. The zero-order chi connectivity index (χ0) is 18.7. The van der Waals surface area contributed by atoms with E-state index in [2.05, 4.69) is 5.32 Å². The Bertz CT molecular complexity index is 775. The average Bonchev–Trinajstić information content (AvgIpc) is 2.62. The normalized spacial score (nSPS) is 17.8. The lowest BCUT2D eigenvalue weighted by atomic mass is 9.90. The van der Waals surface area contributed by atoms with Crippen LogP contribution < -0.4 is 5.32 Å². The highest BCUT2D eigenvalue weighted by Crippen LogP contribution is 2.32. The van der Waals surface area contributed by atoms with Crippen molar-refractivity contribution in [3.05, 3.63) is 59.7 Å². The molecule has 3 rings (SSSR count). The number of amides is 1. The summed E-state index contributed by atoms with van der Waals surface area (Å²) in [7, 11) is 0. The van der Waals surface area contributed by atoms with E-state index < -0.39 is 17.8 Å². The maximum absolute atomic E-state index is 12.6. The monoisotopic (exact) mass is 364 g/mol. The first-order valence-electron chi connectivity index (χ1n) is 8.35. The molecule has 0 bridgehead atoms. The van der Waals surface area contributed by atoms with Gasteiger partial charge in [-0.2, -0.15) is 13.2 Å². The predicted octanol–water partition coefficient (Wildman–Crippen LogP) is 5.31. The molecular weight excluding hydrogens is 345 g/mol. The van der Waals surface area contributed by atoms with Crippen LogP contribution in [0.2, 0.25) is 0 Å². The average molecular weight is 364 g/mol. The van der Waals surface area contributed by atoms with Crippen molar-refractivity contribution in [3.8, 4) is 0 Å². The second kappa shape index (κ2) is 7.27. The predicted molar refractivity (Wildman–Crippen MR) is 92.7 cm³/mol. The molecular formula is C19H19F3N2O2. The van der Waals surface area contributed by atoms with Crippen molar-refractivity contribution in [2.45, 2.75) is 24.9 Å². The van der Waals surface area contributed by atoms with E-state index in [0.29, 0.717) is 18.8 Å². The van der Waals surface area contributed by atoms with Gasteiger partial charge in [0, 0.05) is 30.4 Å². The van der Waals surface area contributed by atoms with E-state index in [1.807, 2.05) is 24.3 Å². The zero-order valence-electron chi connectivity index (χ0n) is 14.0. The van der Waals surface area contributed by atoms with Gasteiger partial charge in [-0.15, -0.1) is 0 Å². The summed E-state index contributed by atoms with van der Waals surface area (Å²) in [4.78, 5) is 12.6. The van der Waals surface area contributed by atoms with E-state index in [4.69, 9.17) is 5.11 Å². The second-order valence-corrected chi connectivity index (χ2v) is 6.39. The van der Waals surface area contributed by atoms with E-state index in [0.717, 1.165) is 36.2 Å². The third-order valence-electron chi connectivity index (χ3n) is 4.55. The fraction of sp³-hybridized carbons (Fsp3) is 0.316. The first-order valence-corrected chi connectivity index (χ1v) is 8.35. The molecule has 1 aliphatic heterocycles. The quantitative estimate of drug-likeness (QED) is 0.776. The maximum atomic E-state index is 12.6. The van der Waals surface area contributed by atoms with Crippen LogP contribution in [-0.4, -0.2) is 29.2 Å². The summed E-state index contributed by atoms with van der Waals surface area (Å²) in [6.07, 6.45) is -3.54. The van der Waals surface area contributed by atoms with Crippen LogP contribution in [0.25, 0.3) is 0 Å². The third-order valence-corrected chi connectivity index (χ3v) is 4.55. The highest BCUT2D eigenvalue weighted by atomic mass is 19.4. The molecule has 1 aliphatic rings. The molecule has 2 N–H and O–H groups in total. The van der Waals surface area contributed by atoms with Gasteiger partial charge in [0.25, 0.3) is 0 Å². The summed E-state index contributed by atoms with van der Waals surface area (Å²) in [6.45, 7) is 1.01. The number of alkyl halides is 3. The number of nitrogens with zero attached hydrogens (tertiary/aromatic N) is 1. The molecule has 1 unspecified atom stereocenters. The first kappa shape index (κ1) is 18.1. The molecule has 1 amide bonds. The molecule has 4 nitrogen and oxygen atoms in total. The van der Waals surface area contributed by atoms with Crippen molar-refractivity contribution in [2.24, 2.45) is 0 Å². The smallest absolute Gasteiger partial charge is 0.416 e. The van der Waals surface area contributed by atoms with Crippen molar-refractivity contribution >= 4 is 17.5 Å². The Morgan fingerprint density at radius 3 is 2.50 bits per heavy atom. The Kier molecular flexibility index (Phi) is 5.06. The molecule has 0 radical (unpaired) electrons. The molecule has 0 aromatic heterocycles. The van der Waals surface area contributed by atoms with E-state index >= 15 is 0 Å². The Morgan fingerprint density at radius 1 is 1.12 bits per heavy atom. The number of carbonyl (C=O) groups is 1. The minimum Gasteiger partial charge on any atom is -0.465 e. The lowest BCUT2D eigenvalue weighted by Crippen LogP contribution is -2.38. The van der Waals surface area contributed by atoms with Crippen LogP contribution in [0.1, 0.15) is 29.9 Å². The standard InChI is InChI=1S/C19H19F3N2O2/c20-19(21,22)15-6-8-16(9-7-15)23-17-5-1-3-13(11-17)14-4-2-10-24(12-14)18(25)26/h1,3,5-9,11,14,23H,2,4,10,12H2,(H,25,26). The first-order chi connectivity index (χ1) is 12.3. The van der Waals surface area contributed by atoms with E-state index in [1.54, 1.807) is 0 Å². The number of piperidine rings is 1. The third kappa shape index (κ3) is 4.28. The summed E-state index contributed by atoms with van der Waals surface area (Å²) in [5.74, 6) is 0.120. The Balaban J connectivity index is 1.72. The topological polar surface area (TPSA) is 52.6 Å². The van der Waals surface area contributed by atoms with Crippen molar-refractivity contribution in [3.63, 3.8) is 0 Å². The molecule has 7 heteroatoms. The minimum atomic E-state index is -4.35. The number of halogens is 3. The number of rotatable bonds is 3. The van der Waals surface area contributed by atoms with Gasteiger partial charge < -0.3 is 15.3 Å². The fourth-order valence-electron chi connectivity index (χ4n) is 3.20. The van der Waals surface area contributed by atoms with Crippen molar-refractivity contribution in [1.82, 2.24) is 4.90 Å². The molecule has 26 heavy (non-hydrogen) atoms. The molecule has 1 atom stereocenters. The summed E-state index contributed by atoms with van der Waals surface area (Å²) in [6, 6.07) is 12.4. The number of benzene rings is 2. The molecule has 1 heterocycles. The van der Waals surface area contributed by atoms with Crippen LogP contribution >= 0.6 is 0 Å². The zero-order valence-corrected chi connectivity index (χ0v) is 14.0. The van der Waals surface area contributed by atoms with Crippen LogP contribution in [0.4, 0.5) is 29.3 Å². The van der Waals surface area contributed by atoms with Gasteiger partial charge in [-0.05, 0) is 54.8 Å². The largest absolute Gasteiger partial charge is 0.465 e. The summed E-state index contributed by atoms with van der Waals surface area (Å²) in [5.41, 5.74) is 1.65. The molecule has 1 saturated heterocycles. The van der Waals surface area contributed by atoms with Gasteiger partial charge in [0.2, 0.25) is 0 Å². The summed E-state index contributed by atoms with van der Waals surface area (Å²) < 4.78 is 37.9. The van der Waals surface area contributed by atoms with Gasteiger partial charge in [0.15, 0.2) is 0 Å². The number of likely N-dealkylation sites (tertiary alicyclic amines) is 1. The van der Waals surface area contributed by atoms with E-state index in [9.17, 15) is 18.0 Å². The minimum absolute atomic E-state index is 0.120. The summed E-state index contributed by atoms with van der Waals surface area (Å²) in [5, 5.41) is 12.3. The van der Waals surface area contributed by atoms with Crippen molar-refractivity contribution in [1.29, 1.82) is 0 Å². The van der Waals surface area contributed by atoms with E-state index in [1.165, 1.54) is 17.0 Å². The van der Waals surface area contributed by atoms with Gasteiger partial charge in [-0.3, -0.25) is 0 Å². The Hall–Kier alpha value is -2.70. The van der Waals surface area contributed by atoms with Crippen LogP contribution in [0.5, 0.6) is 0 Å². The maximum Gasteiger partial charge on any atom is 0.416 e. The molecule has 0 aliphatic carbocycles. The van der Waals surface area contributed by atoms with Gasteiger partial charge in [0.05, 0.1) is 5.56 Å². The molecule has 0 spiro atoms. The molecule has 2 aromatic carbocycles. The highest BCUT2D eigenvalue weighted by Gasteiger charge is 2.30. The molecule has 1 fully saturated rings. The molecule has 2 aromatic rings. The lowest BCUT2D eigenvalue weighted by Gasteiger charge is -2.31. The van der Waals surface area contributed by atoms with Gasteiger partial charge >= 0.3 is 12.3 Å². The Labute approximate surface area is 149 Å². The number of carboxylic acid groups (broad SMARTS) is 1. The van der Waals surface area contributed by atoms with Gasteiger partial charge in [-0.25, -0.2) is 4.79 Å². The number of hydrogen-bond acceptors (Lipinski definition) is 2. The van der Waals surface area contributed by atoms with Crippen LogP contribution in [0.3, 0.4) is 0 Å². The Morgan fingerprint density at radius 2 is 1.85 bits per heavy atom. The molecule has 0 saturated carbocycles. The van der Waals surface area contributed by atoms with Crippen LogP contribution in [0.15, 0.2) is 48.5 Å². The molecule has 138 valence electrons. The number of hydrogen-bond donors (Lipinski definition) is 2. The lowest BCUT2D eigenvalue weighted by molar-refractivity contribution is -0.137. The van der Waals surface area contributed by atoms with Crippen LogP contribution in [0, 0.1) is 0 Å². The van der Waals surface area contributed by atoms with Gasteiger partial charge in [-0.1, -0.05) is 12.1 Å². The fourth-order valence-corrected chi connectivity index (χ4v) is 3.20. The summed E-state index contributed by atoms with van der Waals surface area (Å²) >= 11 is 0. The van der Waals surface area contributed by atoms with Crippen molar-refractivity contribution in [2.75, 3.05) is 18.4 Å². The van der Waals surface area contributed by atoms with E-state index in [-0.39, 0.29) is 5.92 Å². The van der Waals surface area contributed by atoms with Crippen molar-refractivity contribution < 1.29 is 23.1 Å². The second-order valence-electron chi connectivity index (χ2n) is 6.39. The number of anilines is 2. The highest BCUT2D eigenvalue weighted by molar-refractivity contribution is 5.65. The van der Waals surface area contributed by atoms with Gasteiger partial charge in [0.1, 0.15) is 0 Å². The van der Waals surface area contributed by atoms with Crippen LogP contribution in [-0.2, 0) is 6.18 Å². The number of nitrogens with one attached hydrogen (secondary N) is 1.